The molecule has 1 aliphatic heterocycles. The zero-order valence-corrected chi connectivity index (χ0v) is 63.1. The first kappa shape index (κ1) is 84.8. The first-order valence-electron chi connectivity index (χ1n) is 36.8. The van der Waals surface area contributed by atoms with E-state index in [9.17, 15) is 48.4 Å². The topological polar surface area (TPSA) is 336 Å². The zero-order chi connectivity index (χ0) is 75.3. The summed E-state index contributed by atoms with van der Waals surface area (Å²) in [7, 11) is 1.07. The summed E-state index contributed by atoms with van der Waals surface area (Å²) in [5, 5.41) is 28.7. The minimum absolute atomic E-state index is 0.0254. The molecule has 0 spiro atoms. The molecule has 4 aliphatic rings. The van der Waals surface area contributed by atoms with Gasteiger partial charge >= 0.3 is 49.7 Å². The molecule has 1 saturated heterocycles. The smallest absolute Gasteiger partial charge is 0.462 e. The molecule has 3 aliphatic carbocycles. The highest BCUT2D eigenvalue weighted by Gasteiger charge is 2.79. The SMILES string of the molecule is CCCCCCCCCCCCCCCC(=O)OC[C@@H](COP(=O)(O)OCC[N+](C)(C)C)OC(=O)CCCCCCCC(=O)OC(C(=O)OC1C[C@@]2(O)[C@@H](OC(=O)c3ccccc3)[C@@H]3[C@]4(OC(C)=O)CO[C@@H]4C[C@H](O)[C@@]3(C)C(=O)C(=O)C(C1C)C2(C)C)[C@@H](NC(=O)OC(C)(C)C)c1ccccc1. The Hall–Kier alpha value is -6.18. The molecule has 2 bridgehead atoms. The number of quaternary nitrogens is 1. The molecule has 0 radical (unpaired) electrons. The van der Waals surface area contributed by atoms with Crippen molar-refractivity contribution in [2.75, 3.05) is 54.1 Å². The number of hydrogen-bond acceptors (Lipinski definition) is 22. The van der Waals surface area contributed by atoms with E-state index in [0.717, 1.165) is 32.6 Å². The van der Waals surface area contributed by atoms with Gasteiger partial charge in [0.2, 0.25) is 17.7 Å². The highest BCUT2D eigenvalue weighted by Crippen LogP contribution is 2.64. The first-order valence-corrected chi connectivity index (χ1v) is 38.3. The molecule has 2 aromatic carbocycles. The molecular formula is C76H116N2O23P+. The zero-order valence-electron chi connectivity index (χ0n) is 62.2. The Kier molecular flexibility index (Phi) is 31.7. The molecular weight excluding hydrogens is 1340 g/mol. The van der Waals surface area contributed by atoms with Gasteiger partial charge in [0, 0.05) is 56.3 Å². The van der Waals surface area contributed by atoms with E-state index in [4.69, 9.17) is 46.9 Å². The van der Waals surface area contributed by atoms with Crippen LogP contribution in [0, 0.1) is 28.6 Å². The van der Waals surface area contributed by atoms with Gasteiger partial charge in [-0.25, -0.2) is 18.9 Å². The molecule has 572 valence electrons. The largest absolute Gasteiger partial charge is 0.472 e. The third kappa shape index (κ3) is 23.4. The summed E-state index contributed by atoms with van der Waals surface area (Å²) < 4.78 is 71.3. The third-order valence-electron chi connectivity index (χ3n) is 20.5. The number of carbonyl (C=O) groups excluding carboxylic acids is 9. The Bertz CT molecular complexity index is 3150. The number of alkyl carbamates (subject to hydrolysis) is 1. The average molecular weight is 1460 g/mol. The van der Waals surface area contributed by atoms with Crippen LogP contribution in [0.25, 0.3) is 0 Å². The third-order valence-corrected chi connectivity index (χ3v) is 21.5. The van der Waals surface area contributed by atoms with Crippen molar-refractivity contribution in [3.63, 3.8) is 0 Å². The maximum atomic E-state index is 15.4. The van der Waals surface area contributed by atoms with Crippen molar-refractivity contribution >= 4 is 61.3 Å². The molecule has 3 saturated carbocycles. The van der Waals surface area contributed by atoms with Gasteiger partial charge in [-0.05, 0) is 64.7 Å². The van der Waals surface area contributed by atoms with Crippen LogP contribution in [0.15, 0.2) is 60.7 Å². The number of hydrogen-bond donors (Lipinski definition) is 4. The number of esters is 6. The van der Waals surface area contributed by atoms with E-state index in [1.807, 2.05) is 21.1 Å². The van der Waals surface area contributed by atoms with Crippen LogP contribution in [0.4, 0.5) is 4.79 Å². The molecule has 1 amide bonds. The number of amides is 1. The second-order valence-electron chi connectivity index (χ2n) is 31.0. The number of aliphatic hydroxyl groups is 2. The van der Waals surface area contributed by atoms with E-state index in [1.165, 1.54) is 84.3 Å². The molecule has 25 nitrogen and oxygen atoms in total. The number of benzene rings is 2. The van der Waals surface area contributed by atoms with Gasteiger partial charge in [0.05, 0.1) is 57.4 Å². The Balaban J connectivity index is 1.14. The summed E-state index contributed by atoms with van der Waals surface area (Å²) in [6, 6.07) is 14.3. The van der Waals surface area contributed by atoms with E-state index in [2.05, 4.69) is 12.2 Å². The minimum atomic E-state index is -4.59. The lowest BCUT2D eigenvalue weighted by atomic mass is 9.42. The van der Waals surface area contributed by atoms with Gasteiger partial charge in [0.25, 0.3) is 0 Å². The first-order chi connectivity index (χ1) is 48.0. The number of phosphoric ester groups is 1. The number of aliphatic hydroxyl groups excluding tert-OH is 1. The van der Waals surface area contributed by atoms with Gasteiger partial charge in [-0.1, -0.05) is 173 Å². The number of likely N-dealkylation sites (N-methyl/N-ethyl adjacent to an activating group) is 1. The van der Waals surface area contributed by atoms with E-state index < -0.39 is 169 Å². The molecule has 102 heavy (non-hydrogen) atoms. The number of rotatable bonds is 41. The molecule has 6 rings (SSSR count). The Morgan fingerprint density at radius 3 is 1.77 bits per heavy atom. The summed E-state index contributed by atoms with van der Waals surface area (Å²) >= 11 is 0. The van der Waals surface area contributed by atoms with Crippen LogP contribution in [0.5, 0.6) is 0 Å². The maximum Gasteiger partial charge on any atom is 0.472 e. The summed E-state index contributed by atoms with van der Waals surface area (Å²) in [4.78, 5) is 138. The van der Waals surface area contributed by atoms with Crippen LogP contribution in [-0.2, 0) is 85.1 Å². The fourth-order valence-corrected chi connectivity index (χ4v) is 15.5. The van der Waals surface area contributed by atoms with Crippen molar-refractivity contribution in [2.45, 2.75) is 269 Å². The lowest BCUT2D eigenvalue weighted by Crippen LogP contribution is -2.82. The summed E-state index contributed by atoms with van der Waals surface area (Å²) in [5.74, 6) is -11.6. The predicted molar refractivity (Wildman–Crippen MR) is 375 cm³/mol. The van der Waals surface area contributed by atoms with Crippen LogP contribution in [0.1, 0.15) is 232 Å². The van der Waals surface area contributed by atoms with E-state index >= 15 is 14.4 Å². The van der Waals surface area contributed by atoms with Gasteiger partial charge in [0.1, 0.15) is 55.3 Å². The predicted octanol–water partition coefficient (Wildman–Crippen LogP) is 11.5. The van der Waals surface area contributed by atoms with Crippen LogP contribution >= 0.6 is 7.82 Å². The molecule has 4 fully saturated rings. The fourth-order valence-electron chi connectivity index (χ4n) is 14.8. The van der Waals surface area contributed by atoms with Crippen LogP contribution in [0.2, 0.25) is 0 Å². The number of ketones is 2. The minimum Gasteiger partial charge on any atom is -0.462 e. The Morgan fingerprint density at radius 1 is 0.725 bits per heavy atom. The monoisotopic (exact) mass is 1460 g/mol. The number of fused-ring (bicyclic) bond motifs is 5. The van der Waals surface area contributed by atoms with Crippen LogP contribution < -0.4 is 5.32 Å². The Morgan fingerprint density at radius 2 is 1.25 bits per heavy atom. The van der Waals surface area contributed by atoms with Gasteiger partial charge in [-0.3, -0.25) is 37.8 Å². The number of nitrogens with zero attached hydrogens (tertiary/aromatic N) is 1. The lowest BCUT2D eigenvalue weighted by molar-refractivity contribution is -0.870. The van der Waals surface area contributed by atoms with Gasteiger partial charge in [0.15, 0.2) is 11.7 Å². The summed E-state index contributed by atoms with van der Waals surface area (Å²) in [5.41, 5.74) is -8.99. The highest BCUT2D eigenvalue weighted by molar-refractivity contribution is 7.47. The molecule has 1 heterocycles. The average Bonchev–Trinajstić information content (AvgIpc) is 0.670. The standard InChI is InChI=1S/C76H115N2O23P/c1-13-14-15-16-17-18-19-20-21-22-23-25-34-41-59(81)92-48-55(49-95-102(90,91)94-45-44-78(10,11)12)96-60(82)42-35-26-24-27-36-43-61(83)98-65(63(53-37-30-28-31-38-53)77-71(88)101-72(4,5)6)70(87)97-56-47-76(89)68(99-69(86)54-39-32-29-33-40-54)66-74(9,67(85)64(84)62(51(56)2)73(76,7)8)57(80)46-58-75(66,50-93-58)100-52(3)79/h28-33,37-40,51,55-58,62-63,65-66,68,80,89H,13-27,34-36,41-50H2,1-12H3,(H-,77,88,90,91)/p+1/t51?,55-,56?,57-,58+,62?,63-,65?,66-,68-,74+,75-,76+/m0/s1. The van der Waals surface area contributed by atoms with Crippen molar-refractivity contribution < 1.29 is 114 Å². The quantitative estimate of drug-likeness (QED) is 0.0120. The molecule has 26 heteroatoms. The summed E-state index contributed by atoms with van der Waals surface area (Å²) in [6.07, 6.45) is 5.41. The maximum absolute atomic E-state index is 15.4. The molecule has 14 atom stereocenters. The number of ether oxygens (including phenoxy) is 8. The van der Waals surface area contributed by atoms with Crippen molar-refractivity contribution in [1.29, 1.82) is 0 Å². The van der Waals surface area contributed by atoms with Gasteiger partial charge in [-0.2, -0.15) is 0 Å². The Labute approximate surface area is 602 Å². The van der Waals surface area contributed by atoms with E-state index in [0.29, 0.717) is 43.1 Å². The normalized spacial score (nSPS) is 25.9. The van der Waals surface area contributed by atoms with Crippen LogP contribution in [0.3, 0.4) is 0 Å². The van der Waals surface area contributed by atoms with Crippen LogP contribution in [-0.4, -0.2) is 181 Å². The fraction of sp³-hybridized carbons (Fsp3) is 0.724. The van der Waals surface area contributed by atoms with E-state index in [1.54, 1.807) is 76.2 Å². The lowest BCUT2D eigenvalue weighted by Gasteiger charge is -2.67. The number of unbranched alkanes of at least 4 members (excludes halogenated alkanes) is 16. The molecule has 4 N–H and O–H groups in total. The number of Topliss-reactive ketones (excluding diaryl/α,β-unsaturated/α-hetero) is 2. The second kappa shape index (κ2) is 38.2. The van der Waals surface area contributed by atoms with Crippen molar-refractivity contribution in [2.24, 2.45) is 28.6 Å². The van der Waals surface area contributed by atoms with E-state index in [-0.39, 0.29) is 56.4 Å². The van der Waals surface area contributed by atoms with Crippen molar-refractivity contribution in [3.05, 3.63) is 71.8 Å². The number of carbonyl (C=O) groups is 9. The van der Waals surface area contributed by atoms with Crippen molar-refractivity contribution in [1.82, 2.24) is 5.32 Å². The number of nitrogens with one attached hydrogen (secondary N) is 1. The molecule has 5 unspecified atom stereocenters. The second-order valence-corrected chi connectivity index (χ2v) is 32.5. The van der Waals surface area contributed by atoms with Crippen molar-refractivity contribution in [3.8, 4) is 0 Å². The van der Waals surface area contributed by atoms with Gasteiger partial charge < -0.3 is 62.8 Å². The molecule has 2 aromatic rings. The highest BCUT2D eigenvalue weighted by atomic mass is 31.2. The summed E-state index contributed by atoms with van der Waals surface area (Å²) in [6.45, 7) is 13.1. The number of phosphoric acid groups is 1. The molecule has 0 aromatic heterocycles. The van der Waals surface area contributed by atoms with Gasteiger partial charge in [-0.15, -0.1) is 0 Å².